The van der Waals surface area contributed by atoms with Gasteiger partial charge in [-0.1, -0.05) is 6.92 Å². The molecule has 1 aliphatic heterocycles. The Balaban J connectivity index is 1.61. The van der Waals surface area contributed by atoms with Crippen LogP contribution in [0.25, 0.3) is 0 Å². The van der Waals surface area contributed by atoms with Gasteiger partial charge in [-0.2, -0.15) is 0 Å². The first-order valence-electron chi connectivity index (χ1n) is 6.45. The smallest absolute Gasteiger partial charge is 0.0630 e. The minimum Gasteiger partial charge on any atom is -0.378 e. The standard InChI is InChI=1S/C12H24N2O2/c1-8(9(2)14-15)3-4-16-12-6-11-5-10(12)7-13-11/h8-15H,3-7H2,1-2H3/t8-,9?,10+,11+,12-/m1/s1. The van der Waals surface area contributed by atoms with E-state index in [1.807, 2.05) is 6.92 Å². The van der Waals surface area contributed by atoms with Gasteiger partial charge in [0.15, 0.2) is 0 Å². The highest BCUT2D eigenvalue weighted by Gasteiger charge is 2.39. The molecule has 94 valence electrons. The summed E-state index contributed by atoms with van der Waals surface area (Å²) in [6.07, 6.45) is 3.98. The highest BCUT2D eigenvalue weighted by Crippen LogP contribution is 2.33. The topological polar surface area (TPSA) is 53.5 Å². The minimum absolute atomic E-state index is 0.144. The van der Waals surface area contributed by atoms with E-state index in [2.05, 4.69) is 17.7 Å². The predicted octanol–water partition coefficient (Wildman–Crippen LogP) is 1.15. The SMILES string of the molecule is CC(NO)[C@H](C)CCO[C@@H]1C[C@@H]2C[C@H]1CN2. The summed E-state index contributed by atoms with van der Waals surface area (Å²) >= 11 is 0. The van der Waals surface area contributed by atoms with E-state index >= 15 is 0 Å². The van der Waals surface area contributed by atoms with Crippen LogP contribution in [-0.2, 0) is 4.74 Å². The van der Waals surface area contributed by atoms with Crippen molar-refractivity contribution in [2.24, 2.45) is 11.8 Å². The second-order valence-electron chi connectivity index (χ2n) is 5.43. The largest absolute Gasteiger partial charge is 0.378 e. The maximum absolute atomic E-state index is 8.80. The lowest BCUT2D eigenvalue weighted by Gasteiger charge is -2.24. The van der Waals surface area contributed by atoms with Crippen molar-refractivity contribution in [1.29, 1.82) is 0 Å². The molecule has 1 aliphatic carbocycles. The van der Waals surface area contributed by atoms with Gasteiger partial charge in [0.1, 0.15) is 0 Å². The zero-order chi connectivity index (χ0) is 11.5. The van der Waals surface area contributed by atoms with Crippen molar-refractivity contribution in [3.8, 4) is 0 Å². The van der Waals surface area contributed by atoms with Crippen molar-refractivity contribution in [3.05, 3.63) is 0 Å². The van der Waals surface area contributed by atoms with E-state index in [0.29, 0.717) is 18.1 Å². The van der Waals surface area contributed by atoms with Crippen LogP contribution in [0.5, 0.6) is 0 Å². The number of nitrogens with one attached hydrogen (secondary N) is 2. The van der Waals surface area contributed by atoms with Crippen LogP contribution < -0.4 is 10.8 Å². The fraction of sp³-hybridized carbons (Fsp3) is 1.00. The molecule has 16 heavy (non-hydrogen) atoms. The van der Waals surface area contributed by atoms with E-state index in [4.69, 9.17) is 9.94 Å². The van der Waals surface area contributed by atoms with Crippen LogP contribution in [-0.4, -0.2) is 36.5 Å². The maximum atomic E-state index is 8.80. The van der Waals surface area contributed by atoms with Crippen molar-refractivity contribution in [3.63, 3.8) is 0 Å². The molecule has 1 saturated carbocycles. The van der Waals surface area contributed by atoms with Gasteiger partial charge in [0.25, 0.3) is 0 Å². The fourth-order valence-corrected chi connectivity index (χ4v) is 2.77. The summed E-state index contributed by atoms with van der Waals surface area (Å²) in [4.78, 5) is 0. The second kappa shape index (κ2) is 5.45. The average Bonchev–Trinajstić information content (AvgIpc) is 2.89. The Bertz CT molecular complexity index is 225. The van der Waals surface area contributed by atoms with Crippen LogP contribution in [0.4, 0.5) is 0 Å². The van der Waals surface area contributed by atoms with Crippen LogP contribution in [0.3, 0.4) is 0 Å². The van der Waals surface area contributed by atoms with E-state index in [1.165, 1.54) is 12.8 Å². The molecule has 2 bridgehead atoms. The zero-order valence-corrected chi connectivity index (χ0v) is 10.3. The molecule has 0 aromatic rings. The number of ether oxygens (including phenoxy) is 1. The van der Waals surface area contributed by atoms with Gasteiger partial charge in [0.2, 0.25) is 0 Å². The van der Waals surface area contributed by atoms with Crippen LogP contribution in [0.1, 0.15) is 33.1 Å². The number of hydrogen-bond donors (Lipinski definition) is 3. The molecule has 1 heterocycles. The zero-order valence-electron chi connectivity index (χ0n) is 10.3. The Morgan fingerprint density at radius 3 is 2.81 bits per heavy atom. The molecule has 0 spiro atoms. The summed E-state index contributed by atoms with van der Waals surface area (Å²) in [5, 5.41) is 12.3. The first-order chi connectivity index (χ1) is 7.70. The molecule has 2 fully saturated rings. The lowest BCUT2D eigenvalue weighted by Crippen LogP contribution is -2.35. The Morgan fingerprint density at radius 1 is 1.44 bits per heavy atom. The normalized spacial score (nSPS) is 36.6. The number of piperidine rings is 1. The molecule has 3 N–H and O–H groups in total. The average molecular weight is 228 g/mol. The highest BCUT2D eigenvalue weighted by atomic mass is 16.5. The number of hydrogen-bond acceptors (Lipinski definition) is 4. The van der Waals surface area contributed by atoms with Crippen molar-refractivity contribution >= 4 is 0 Å². The van der Waals surface area contributed by atoms with E-state index < -0.39 is 0 Å². The fourth-order valence-electron chi connectivity index (χ4n) is 2.77. The van der Waals surface area contributed by atoms with Crippen molar-refractivity contribution in [2.45, 2.75) is 51.3 Å². The summed E-state index contributed by atoms with van der Waals surface area (Å²) in [5.41, 5.74) is 2.30. The van der Waals surface area contributed by atoms with Gasteiger partial charge in [-0.15, -0.1) is 0 Å². The van der Waals surface area contributed by atoms with Crippen LogP contribution in [0.2, 0.25) is 0 Å². The first-order valence-corrected chi connectivity index (χ1v) is 6.45. The minimum atomic E-state index is 0.144. The summed E-state index contributed by atoms with van der Waals surface area (Å²) < 4.78 is 5.95. The summed E-state index contributed by atoms with van der Waals surface area (Å²) in [6.45, 7) is 6.09. The van der Waals surface area contributed by atoms with E-state index in [-0.39, 0.29) is 6.04 Å². The van der Waals surface area contributed by atoms with Gasteiger partial charge in [0.05, 0.1) is 6.10 Å². The predicted molar refractivity (Wildman–Crippen MR) is 62.4 cm³/mol. The summed E-state index contributed by atoms with van der Waals surface area (Å²) in [6, 6.07) is 0.857. The molecular weight excluding hydrogens is 204 g/mol. The van der Waals surface area contributed by atoms with Gasteiger partial charge in [-0.05, 0) is 38.0 Å². The third kappa shape index (κ3) is 2.74. The molecule has 1 saturated heterocycles. The maximum Gasteiger partial charge on any atom is 0.0630 e. The van der Waals surface area contributed by atoms with Crippen molar-refractivity contribution in [2.75, 3.05) is 13.2 Å². The Labute approximate surface area is 97.7 Å². The Morgan fingerprint density at radius 2 is 2.25 bits per heavy atom. The lowest BCUT2D eigenvalue weighted by molar-refractivity contribution is 0.00919. The van der Waals surface area contributed by atoms with Gasteiger partial charge >= 0.3 is 0 Å². The molecule has 1 unspecified atom stereocenters. The summed E-state index contributed by atoms with van der Waals surface area (Å²) in [5.74, 6) is 1.19. The molecule has 4 nitrogen and oxygen atoms in total. The van der Waals surface area contributed by atoms with Gasteiger partial charge in [-0.25, -0.2) is 5.48 Å². The van der Waals surface area contributed by atoms with Gasteiger partial charge in [-0.3, -0.25) is 0 Å². The molecule has 0 aromatic heterocycles. The number of hydroxylamine groups is 1. The molecule has 2 rings (SSSR count). The van der Waals surface area contributed by atoms with E-state index in [0.717, 1.165) is 25.5 Å². The number of fused-ring (bicyclic) bond motifs is 2. The van der Waals surface area contributed by atoms with Gasteiger partial charge < -0.3 is 15.3 Å². The lowest BCUT2D eigenvalue weighted by atomic mass is 10.0. The van der Waals surface area contributed by atoms with Crippen LogP contribution in [0, 0.1) is 11.8 Å². The van der Waals surface area contributed by atoms with Crippen LogP contribution >= 0.6 is 0 Å². The monoisotopic (exact) mass is 228 g/mol. The Hall–Kier alpha value is -0.160. The quantitative estimate of drug-likeness (QED) is 0.597. The van der Waals surface area contributed by atoms with E-state index in [1.54, 1.807) is 0 Å². The summed E-state index contributed by atoms with van der Waals surface area (Å²) in [7, 11) is 0. The molecule has 0 radical (unpaired) electrons. The molecular formula is C12H24N2O2. The molecule has 4 heteroatoms. The molecule has 2 aliphatic rings. The Kier molecular flexibility index (Phi) is 4.19. The van der Waals surface area contributed by atoms with E-state index in [9.17, 15) is 0 Å². The highest BCUT2D eigenvalue weighted by molar-refractivity contribution is 4.95. The molecule has 5 atom stereocenters. The third-order valence-electron chi connectivity index (χ3n) is 4.26. The molecule has 0 aromatic carbocycles. The molecule has 0 amide bonds. The van der Waals surface area contributed by atoms with Crippen molar-refractivity contribution < 1.29 is 9.94 Å². The first kappa shape index (κ1) is 12.3. The third-order valence-corrected chi connectivity index (χ3v) is 4.26. The van der Waals surface area contributed by atoms with Crippen molar-refractivity contribution in [1.82, 2.24) is 10.8 Å². The second-order valence-corrected chi connectivity index (χ2v) is 5.43. The van der Waals surface area contributed by atoms with Gasteiger partial charge in [0, 0.05) is 25.2 Å². The number of rotatable bonds is 6. The van der Waals surface area contributed by atoms with Crippen LogP contribution in [0.15, 0.2) is 0 Å².